The highest BCUT2D eigenvalue weighted by Crippen LogP contribution is 2.08. The van der Waals surface area contributed by atoms with Gasteiger partial charge < -0.3 is 10.5 Å². The molecular formula is C11H17N3O3. The fourth-order valence-corrected chi connectivity index (χ4v) is 1.40. The summed E-state index contributed by atoms with van der Waals surface area (Å²) < 4.78 is 6.26. The maximum atomic E-state index is 11.5. The van der Waals surface area contributed by atoms with Crippen molar-refractivity contribution < 1.29 is 14.3 Å². The van der Waals surface area contributed by atoms with Gasteiger partial charge in [0.15, 0.2) is 5.69 Å². The number of aromatic nitrogens is 2. The van der Waals surface area contributed by atoms with Gasteiger partial charge >= 0.3 is 5.97 Å². The van der Waals surface area contributed by atoms with Crippen LogP contribution in [0.15, 0.2) is 6.07 Å². The third-order valence-corrected chi connectivity index (χ3v) is 2.06. The fourth-order valence-electron chi connectivity index (χ4n) is 1.40. The van der Waals surface area contributed by atoms with E-state index >= 15 is 0 Å². The summed E-state index contributed by atoms with van der Waals surface area (Å²) in [6.45, 7) is 6.46. The highest BCUT2D eigenvalue weighted by molar-refractivity contribution is 5.95. The Labute approximate surface area is 99.7 Å². The maximum Gasteiger partial charge on any atom is 0.358 e. The molecule has 0 aliphatic heterocycles. The van der Waals surface area contributed by atoms with Crippen LogP contribution in [0, 0.1) is 5.92 Å². The van der Waals surface area contributed by atoms with E-state index in [2.05, 4.69) is 5.10 Å². The van der Waals surface area contributed by atoms with Gasteiger partial charge in [-0.3, -0.25) is 9.48 Å². The number of rotatable bonds is 5. The number of carbonyl (C=O) groups is 2. The number of esters is 1. The first kappa shape index (κ1) is 13.2. The molecule has 6 heteroatoms. The summed E-state index contributed by atoms with van der Waals surface area (Å²) in [7, 11) is 0. The normalized spacial score (nSPS) is 10.6. The Hall–Kier alpha value is -1.85. The number of hydrogen-bond donors (Lipinski definition) is 1. The SMILES string of the molecule is CCOC(=O)c1cc(C(N)=O)n(CC(C)C)n1. The minimum atomic E-state index is -0.603. The molecule has 0 atom stereocenters. The summed E-state index contributed by atoms with van der Waals surface area (Å²) in [5, 5.41) is 4.03. The monoisotopic (exact) mass is 239 g/mol. The summed E-state index contributed by atoms with van der Waals surface area (Å²) >= 11 is 0. The molecule has 1 aromatic heterocycles. The Bertz CT molecular complexity index is 424. The first-order chi connectivity index (χ1) is 7.95. The standard InChI is InChI=1S/C11H17N3O3/c1-4-17-11(16)8-5-9(10(12)15)14(13-8)6-7(2)3/h5,7H,4,6H2,1-3H3,(H2,12,15). The molecule has 1 amide bonds. The van der Waals surface area contributed by atoms with Crippen LogP contribution in [0.5, 0.6) is 0 Å². The van der Waals surface area contributed by atoms with E-state index in [0.717, 1.165) is 0 Å². The van der Waals surface area contributed by atoms with Gasteiger partial charge in [0.25, 0.3) is 5.91 Å². The molecule has 0 bridgehead atoms. The summed E-state index contributed by atoms with van der Waals surface area (Å²) in [4.78, 5) is 22.7. The summed E-state index contributed by atoms with van der Waals surface area (Å²) in [5.41, 5.74) is 5.56. The molecule has 6 nitrogen and oxygen atoms in total. The second kappa shape index (κ2) is 5.47. The molecule has 0 fully saturated rings. The van der Waals surface area contributed by atoms with E-state index in [4.69, 9.17) is 10.5 Å². The fraction of sp³-hybridized carbons (Fsp3) is 0.545. The van der Waals surface area contributed by atoms with Gasteiger partial charge in [-0.1, -0.05) is 13.8 Å². The minimum Gasteiger partial charge on any atom is -0.461 e. The van der Waals surface area contributed by atoms with Crippen molar-refractivity contribution in [3.05, 3.63) is 17.5 Å². The van der Waals surface area contributed by atoms with Crippen molar-refractivity contribution in [2.24, 2.45) is 11.7 Å². The minimum absolute atomic E-state index is 0.112. The average Bonchev–Trinajstić information content (AvgIpc) is 2.61. The highest BCUT2D eigenvalue weighted by atomic mass is 16.5. The third kappa shape index (κ3) is 3.30. The van der Waals surface area contributed by atoms with E-state index in [1.54, 1.807) is 6.92 Å². The number of primary amides is 1. The van der Waals surface area contributed by atoms with Crippen molar-refractivity contribution in [2.45, 2.75) is 27.3 Å². The molecule has 1 rings (SSSR count). The van der Waals surface area contributed by atoms with Crippen molar-refractivity contribution in [3.63, 3.8) is 0 Å². The maximum absolute atomic E-state index is 11.5. The lowest BCUT2D eigenvalue weighted by molar-refractivity contribution is 0.0518. The topological polar surface area (TPSA) is 87.2 Å². The zero-order valence-corrected chi connectivity index (χ0v) is 10.3. The Kier molecular flexibility index (Phi) is 4.25. The second-order valence-corrected chi connectivity index (χ2v) is 4.08. The summed E-state index contributed by atoms with van der Waals surface area (Å²) in [6.07, 6.45) is 0. The number of hydrogen-bond acceptors (Lipinski definition) is 4. The van der Waals surface area contributed by atoms with Gasteiger partial charge in [0, 0.05) is 12.6 Å². The Morgan fingerprint density at radius 3 is 2.65 bits per heavy atom. The number of amides is 1. The molecule has 0 aliphatic carbocycles. The van der Waals surface area contributed by atoms with E-state index in [1.165, 1.54) is 10.7 Å². The van der Waals surface area contributed by atoms with Gasteiger partial charge in [0.1, 0.15) is 5.69 Å². The lowest BCUT2D eigenvalue weighted by atomic mass is 10.2. The average molecular weight is 239 g/mol. The molecule has 0 radical (unpaired) electrons. The van der Waals surface area contributed by atoms with E-state index in [9.17, 15) is 9.59 Å². The molecule has 0 aromatic carbocycles. The van der Waals surface area contributed by atoms with Crippen LogP contribution in [0.3, 0.4) is 0 Å². The smallest absolute Gasteiger partial charge is 0.358 e. The van der Waals surface area contributed by atoms with Crippen LogP contribution in [0.2, 0.25) is 0 Å². The zero-order valence-electron chi connectivity index (χ0n) is 10.3. The molecule has 0 unspecified atom stereocenters. The van der Waals surface area contributed by atoms with Crippen molar-refractivity contribution in [1.82, 2.24) is 9.78 Å². The zero-order chi connectivity index (χ0) is 13.0. The van der Waals surface area contributed by atoms with Crippen LogP contribution in [-0.4, -0.2) is 28.3 Å². The number of nitrogens with two attached hydrogens (primary N) is 1. The molecule has 1 aromatic rings. The van der Waals surface area contributed by atoms with Crippen LogP contribution in [0.25, 0.3) is 0 Å². The Morgan fingerprint density at radius 1 is 1.53 bits per heavy atom. The van der Waals surface area contributed by atoms with Gasteiger partial charge in [-0.25, -0.2) is 4.79 Å². The van der Waals surface area contributed by atoms with E-state index < -0.39 is 11.9 Å². The summed E-state index contributed by atoms with van der Waals surface area (Å²) in [6, 6.07) is 1.36. The first-order valence-corrected chi connectivity index (χ1v) is 5.50. The van der Waals surface area contributed by atoms with Crippen molar-refractivity contribution >= 4 is 11.9 Å². The van der Waals surface area contributed by atoms with Gasteiger partial charge in [-0.15, -0.1) is 0 Å². The predicted molar refractivity (Wildman–Crippen MR) is 61.5 cm³/mol. The molecule has 1 heterocycles. The highest BCUT2D eigenvalue weighted by Gasteiger charge is 2.18. The van der Waals surface area contributed by atoms with Crippen LogP contribution >= 0.6 is 0 Å². The lowest BCUT2D eigenvalue weighted by Gasteiger charge is -2.07. The number of carbonyl (C=O) groups excluding carboxylic acids is 2. The van der Waals surface area contributed by atoms with Gasteiger partial charge in [-0.2, -0.15) is 5.10 Å². The van der Waals surface area contributed by atoms with E-state index in [-0.39, 0.29) is 18.0 Å². The van der Waals surface area contributed by atoms with E-state index in [1.807, 2.05) is 13.8 Å². The predicted octanol–water partition coefficient (Wildman–Crippen LogP) is 0.815. The van der Waals surface area contributed by atoms with Crippen molar-refractivity contribution in [3.8, 4) is 0 Å². The quantitative estimate of drug-likeness (QED) is 0.770. The van der Waals surface area contributed by atoms with Gasteiger partial charge in [0.2, 0.25) is 0 Å². The summed E-state index contributed by atoms with van der Waals surface area (Å²) in [5.74, 6) is -0.853. The van der Waals surface area contributed by atoms with Crippen molar-refractivity contribution in [1.29, 1.82) is 0 Å². The molecule has 0 saturated heterocycles. The lowest BCUT2D eigenvalue weighted by Crippen LogP contribution is -2.19. The third-order valence-electron chi connectivity index (χ3n) is 2.06. The molecule has 94 valence electrons. The largest absolute Gasteiger partial charge is 0.461 e. The molecular weight excluding hydrogens is 222 g/mol. The Balaban J connectivity index is 3.03. The van der Waals surface area contributed by atoms with Crippen molar-refractivity contribution in [2.75, 3.05) is 6.61 Å². The molecule has 0 aliphatic rings. The van der Waals surface area contributed by atoms with Crippen LogP contribution in [0.4, 0.5) is 0 Å². The number of ether oxygens (including phenoxy) is 1. The van der Waals surface area contributed by atoms with Crippen LogP contribution in [0.1, 0.15) is 41.7 Å². The molecule has 0 saturated carbocycles. The van der Waals surface area contributed by atoms with Crippen LogP contribution in [-0.2, 0) is 11.3 Å². The molecule has 2 N–H and O–H groups in total. The molecule has 0 spiro atoms. The first-order valence-electron chi connectivity index (χ1n) is 5.50. The Morgan fingerprint density at radius 2 is 2.18 bits per heavy atom. The van der Waals surface area contributed by atoms with Gasteiger partial charge in [-0.05, 0) is 12.8 Å². The van der Waals surface area contributed by atoms with E-state index in [0.29, 0.717) is 12.5 Å². The van der Waals surface area contributed by atoms with Gasteiger partial charge in [0.05, 0.1) is 6.61 Å². The number of nitrogens with zero attached hydrogens (tertiary/aromatic N) is 2. The van der Waals surface area contributed by atoms with Crippen LogP contribution < -0.4 is 5.73 Å². The molecule has 17 heavy (non-hydrogen) atoms. The second-order valence-electron chi connectivity index (χ2n) is 4.08.